The van der Waals surface area contributed by atoms with Crippen LogP contribution in [-0.4, -0.2) is 47.9 Å². The molecule has 1 aliphatic heterocycles. The van der Waals surface area contributed by atoms with Crippen LogP contribution in [0.5, 0.6) is 5.75 Å². The Bertz CT molecular complexity index is 559. The number of benzene rings is 1. The minimum atomic E-state index is -1.09. The molecule has 1 atom stereocenters. The number of hydrogen-bond donors (Lipinski definition) is 2. The molecule has 1 aromatic carbocycles. The van der Waals surface area contributed by atoms with E-state index in [1.165, 1.54) is 4.90 Å². The van der Waals surface area contributed by atoms with Crippen LogP contribution in [-0.2, 0) is 6.42 Å². The monoisotopic (exact) mass is 328 g/mol. The van der Waals surface area contributed by atoms with Crippen molar-refractivity contribution in [1.82, 2.24) is 10.2 Å². The Morgan fingerprint density at radius 2 is 2.09 bits per heavy atom. The molecule has 1 fully saturated rings. The Morgan fingerprint density at radius 1 is 1.43 bits per heavy atom. The van der Waals surface area contributed by atoms with E-state index in [2.05, 4.69) is 5.32 Å². The number of nitrogens with zero attached hydrogens (tertiary/aromatic N) is 1. The van der Waals surface area contributed by atoms with Gasteiger partial charge in [-0.05, 0) is 13.3 Å². The Morgan fingerprint density at radius 3 is 2.65 bits per heavy atom. The number of hydrogen-bond acceptors (Lipinski definition) is 3. The number of nitrogens with one attached hydrogen (secondary N) is 1. The minimum absolute atomic E-state index is 0.0436. The summed E-state index contributed by atoms with van der Waals surface area (Å²) in [5.41, 5.74) is -1.02. The third-order valence-corrected chi connectivity index (χ3v) is 4.05. The molecule has 2 N–H and O–H groups in total. The molecule has 0 bridgehead atoms. The summed E-state index contributed by atoms with van der Waals surface area (Å²) < 4.78 is 33.8. The number of rotatable bonds is 5. The van der Waals surface area contributed by atoms with E-state index in [-0.39, 0.29) is 24.3 Å². The minimum Gasteiger partial charge on any atom is -0.493 e. The van der Waals surface area contributed by atoms with Gasteiger partial charge in [-0.15, -0.1) is 0 Å². The highest BCUT2D eigenvalue weighted by molar-refractivity contribution is 5.66. The summed E-state index contributed by atoms with van der Waals surface area (Å²) in [5.74, 6) is -1.28. The van der Waals surface area contributed by atoms with Gasteiger partial charge in [0.1, 0.15) is 17.4 Å². The molecule has 2 rings (SSSR count). The fourth-order valence-electron chi connectivity index (χ4n) is 2.83. The van der Waals surface area contributed by atoms with Gasteiger partial charge in [-0.25, -0.2) is 13.6 Å². The first-order valence-corrected chi connectivity index (χ1v) is 7.69. The van der Waals surface area contributed by atoms with Gasteiger partial charge in [0.2, 0.25) is 0 Å². The van der Waals surface area contributed by atoms with Gasteiger partial charge >= 0.3 is 6.09 Å². The van der Waals surface area contributed by atoms with Gasteiger partial charge in [0.15, 0.2) is 0 Å². The van der Waals surface area contributed by atoms with Gasteiger partial charge < -0.3 is 20.1 Å². The predicted molar refractivity (Wildman–Crippen MR) is 81.9 cm³/mol. The van der Waals surface area contributed by atoms with Crippen molar-refractivity contribution in [2.45, 2.75) is 32.2 Å². The van der Waals surface area contributed by atoms with E-state index in [0.29, 0.717) is 19.7 Å². The number of carboxylic acid groups (broad SMARTS) is 1. The number of carbonyl (C=O) groups is 1. The first-order chi connectivity index (χ1) is 10.9. The van der Waals surface area contributed by atoms with Gasteiger partial charge in [0.25, 0.3) is 0 Å². The molecule has 0 radical (unpaired) electrons. The van der Waals surface area contributed by atoms with E-state index in [9.17, 15) is 18.7 Å². The van der Waals surface area contributed by atoms with Crippen LogP contribution >= 0.6 is 0 Å². The normalized spacial score (nSPS) is 21.3. The van der Waals surface area contributed by atoms with Crippen molar-refractivity contribution in [2.24, 2.45) is 0 Å². The van der Waals surface area contributed by atoms with E-state index in [1.807, 2.05) is 6.92 Å². The molecular formula is C16H22F2N2O3. The molecule has 0 aliphatic carbocycles. The highest BCUT2D eigenvalue weighted by Crippen LogP contribution is 2.28. The Hall–Kier alpha value is -1.89. The zero-order valence-electron chi connectivity index (χ0n) is 13.4. The average Bonchev–Trinajstić information content (AvgIpc) is 2.49. The predicted octanol–water partition coefficient (Wildman–Crippen LogP) is 2.64. The van der Waals surface area contributed by atoms with Gasteiger partial charge in [-0.2, -0.15) is 0 Å². The highest BCUT2D eigenvalue weighted by Gasteiger charge is 2.39. The number of halogens is 2. The van der Waals surface area contributed by atoms with Crippen molar-refractivity contribution in [3.8, 4) is 5.75 Å². The van der Waals surface area contributed by atoms with Crippen molar-refractivity contribution in [3.63, 3.8) is 0 Å². The maximum atomic E-state index is 14.3. The lowest BCUT2D eigenvalue weighted by molar-refractivity contribution is 0.0657. The summed E-state index contributed by atoms with van der Waals surface area (Å²) in [5, 5.41) is 12.4. The summed E-state index contributed by atoms with van der Waals surface area (Å²) in [6.07, 6.45) is -0.391. The fourth-order valence-corrected chi connectivity index (χ4v) is 2.83. The van der Waals surface area contributed by atoms with Gasteiger partial charge in [0, 0.05) is 43.8 Å². The van der Waals surface area contributed by atoms with E-state index in [0.717, 1.165) is 18.6 Å². The summed E-state index contributed by atoms with van der Waals surface area (Å²) in [6, 6.07) is 2.30. The Kier molecular flexibility index (Phi) is 5.41. The molecule has 1 aromatic rings. The van der Waals surface area contributed by atoms with Crippen LogP contribution in [0.3, 0.4) is 0 Å². The second-order valence-corrected chi connectivity index (χ2v) is 6.00. The van der Waals surface area contributed by atoms with Crippen LogP contribution in [0.2, 0.25) is 0 Å². The molecule has 128 valence electrons. The van der Waals surface area contributed by atoms with Crippen molar-refractivity contribution in [3.05, 3.63) is 29.3 Å². The lowest BCUT2D eigenvalue weighted by Gasteiger charge is -2.43. The third-order valence-electron chi connectivity index (χ3n) is 4.05. The first-order valence-electron chi connectivity index (χ1n) is 7.69. The van der Waals surface area contributed by atoms with Crippen LogP contribution < -0.4 is 10.1 Å². The van der Waals surface area contributed by atoms with Crippen molar-refractivity contribution >= 4 is 6.09 Å². The smallest absolute Gasteiger partial charge is 0.407 e. The highest BCUT2D eigenvalue weighted by atomic mass is 19.1. The third kappa shape index (κ3) is 3.90. The topological polar surface area (TPSA) is 61.8 Å². The number of ether oxygens (including phenoxy) is 1. The molecule has 23 heavy (non-hydrogen) atoms. The number of amides is 1. The Balaban J connectivity index is 2.26. The average molecular weight is 328 g/mol. The second kappa shape index (κ2) is 7.12. The van der Waals surface area contributed by atoms with Gasteiger partial charge in [-0.1, -0.05) is 6.92 Å². The van der Waals surface area contributed by atoms with Crippen LogP contribution in [0.15, 0.2) is 12.1 Å². The fraction of sp³-hybridized carbons (Fsp3) is 0.562. The maximum absolute atomic E-state index is 14.3. The van der Waals surface area contributed by atoms with E-state index in [4.69, 9.17) is 4.74 Å². The number of piperazine rings is 1. The summed E-state index contributed by atoms with van der Waals surface area (Å²) >= 11 is 0. The van der Waals surface area contributed by atoms with Crippen molar-refractivity contribution in [1.29, 1.82) is 0 Å². The standard InChI is InChI=1S/C16H22F2N2O3/c1-3-6-23-11-7-13(17)12(14(18)8-11)9-16(2)10-19-4-5-20(16)15(21)22/h7-8,19H,3-6,9-10H2,1-2H3,(H,21,22)/t16-/m1/s1. The molecule has 7 heteroatoms. The zero-order chi connectivity index (χ0) is 17.0. The SMILES string of the molecule is CCCOc1cc(F)c(C[C@]2(C)CNCCN2C(=O)O)c(F)c1. The van der Waals surface area contributed by atoms with Crippen LogP contribution in [0.1, 0.15) is 25.8 Å². The quantitative estimate of drug-likeness (QED) is 0.872. The zero-order valence-corrected chi connectivity index (χ0v) is 13.4. The summed E-state index contributed by atoms with van der Waals surface area (Å²) in [7, 11) is 0. The molecule has 1 amide bonds. The maximum Gasteiger partial charge on any atom is 0.407 e. The second-order valence-electron chi connectivity index (χ2n) is 6.00. The lowest BCUT2D eigenvalue weighted by Crippen LogP contribution is -2.62. The van der Waals surface area contributed by atoms with Gasteiger partial charge in [0.05, 0.1) is 12.1 Å². The van der Waals surface area contributed by atoms with E-state index < -0.39 is 23.3 Å². The van der Waals surface area contributed by atoms with Crippen LogP contribution in [0.4, 0.5) is 13.6 Å². The molecule has 0 spiro atoms. The summed E-state index contributed by atoms with van der Waals surface area (Å²) in [4.78, 5) is 12.6. The molecule has 0 saturated carbocycles. The molecule has 1 saturated heterocycles. The van der Waals surface area contributed by atoms with E-state index >= 15 is 0 Å². The van der Waals surface area contributed by atoms with Crippen LogP contribution in [0, 0.1) is 11.6 Å². The molecule has 0 unspecified atom stereocenters. The van der Waals surface area contributed by atoms with Crippen molar-refractivity contribution < 1.29 is 23.4 Å². The largest absolute Gasteiger partial charge is 0.493 e. The molecule has 5 nitrogen and oxygen atoms in total. The molecular weight excluding hydrogens is 306 g/mol. The lowest BCUT2D eigenvalue weighted by atomic mass is 9.89. The molecule has 0 aromatic heterocycles. The Labute approximate surface area is 134 Å². The molecule has 1 aliphatic rings. The summed E-state index contributed by atoms with van der Waals surface area (Å²) in [6.45, 7) is 5.12. The first kappa shape index (κ1) is 17.5. The van der Waals surface area contributed by atoms with Crippen molar-refractivity contribution in [2.75, 3.05) is 26.2 Å². The van der Waals surface area contributed by atoms with Gasteiger partial charge in [-0.3, -0.25) is 0 Å². The van der Waals surface area contributed by atoms with Crippen LogP contribution in [0.25, 0.3) is 0 Å². The molecule has 1 heterocycles. The van der Waals surface area contributed by atoms with E-state index in [1.54, 1.807) is 6.92 Å².